The lowest BCUT2D eigenvalue weighted by Gasteiger charge is -2.11. The number of nitrogens with one attached hydrogen (secondary N) is 1. The van der Waals surface area contributed by atoms with Crippen molar-refractivity contribution in [2.24, 2.45) is 8.73 Å². The van der Waals surface area contributed by atoms with Gasteiger partial charge >= 0.3 is 0 Å². The summed E-state index contributed by atoms with van der Waals surface area (Å²) in [6, 6.07) is 7.40. The summed E-state index contributed by atoms with van der Waals surface area (Å²) < 4.78 is 9.20. The van der Waals surface area contributed by atoms with Crippen molar-refractivity contribution < 1.29 is 0 Å². The van der Waals surface area contributed by atoms with Crippen molar-refractivity contribution in [3.8, 4) is 0 Å². The Morgan fingerprint density at radius 3 is 2.75 bits per heavy atom. The number of halogens is 3. The molecule has 1 aromatic heterocycles. The summed E-state index contributed by atoms with van der Waals surface area (Å²) in [5, 5.41) is 4.27. The van der Waals surface area contributed by atoms with Crippen LogP contribution < -0.4 is 5.32 Å². The van der Waals surface area contributed by atoms with E-state index in [9.17, 15) is 0 Å². The number of hydrogen-bond donors (Lipinski definition) is 1. The van der Waals surface area contributed by atoms with Gasteiger partial charge in [0.2, 0.25) is 0 Å². The maximum absolute atomic E-state index is 6.22. The van der Waals surface area contributed by atoms with Crippen LogP contribution in [0.3, 0.4) is 0 Å². The van der Waals surface area contributed by atoms with Crippen LogP contribution in [0.25, 0.3) is 0 Å². The van der Waals surface area contributed by atoms with Crippen molar-refractivity contribution >= 4 is 67.5 Å². The van der Waals surface area contributed by atoms with Gasteiger partial charge in [0.05, 0.1) is 39.3 Å². The average molecular weight is 390 g/mol. The molecule has 8 heteroatoms. The van der Waals surface area contributed by atoms with Crippen LogP contribution in [-0.4, -0.2) is 4.98 Å². The molecule has 0 atom stereocenters. The molecule has 1 N–H and O–H groups in total. The van der Waals surface area contributed by atoms with Gasteiger partial charge < -0.3 is 5.32 Å². The second kappa shape index (κ2) is 5.81. The van der Waals surface area contributed by atoms with Crippen LogP contribution in [0.1, 0.15) is 5.69 Å². The highest BCUT2D eigenvalue weighted by Crippen LogP contribution is 2.47. The van der Waals surface area contributed by atoms with E-state index >= 15 is 0 Å². The summed E-state index contributed by atoms with van der Waals surface area (Å²) in [7, 11) is 0. The van der Waals surface area contributed by atoms with Gasteiger partial charge in [-0.05, 0) is 34.1 Å². The van der Waals surface area contributed by atoms with Crippen molar-refractivity contribution in [3.63, 3.8) is 0 Å². The van der Waals surface area contributed by atoms with E-state index < -0.39 is 0 Å². The summed E-state index contributed by atoms with van der Waals surface area (Å²) in [6.45, 7) is 0.535. The fourth-order valence-electron chi connectivity index (χ4n) is 1.77. The predicted molar refractivity (Wildman–Crippen MR) is 87.3 cm³/mol. The predicted octanol–water partition coefficient (Wildman–Crippen LogP) is 5.49. The molecule has 102 valence electrons. The standard InChI is InChI=1S/C12H7BrCl2N4S/c13-9-3-1-2-6(17-9)5-16-10-7(14)4-8(15)11-12(10)19-20-18-11/h1-4,16H,5H2. The molecule has 0 spiro atoms. The van der Waals surface area contributed by atoms with Crippen LogP contribution in [-0.2, 0) is 17.9 Å². The number of fused-ring (bicyclic) bond motifs is 1. The molecule has 1 aliphatic rings. The zero-order valence-corrected chi connectivity index (χ0v) is 13.8. The minimum Gasteiger partial charge on any atom is -0.376 e. The van der Waals surface area contributed by atoms with Gasteiger partial charge in [0.15, 0.2) is 0 Å². The Bertz CT molecular complexity index is 759. The minimum atomic E-state index is 0.505. The van der Waals surface area contributed by atoms with Gasteiger partial charge in [-0.25, -0.2) is 4.98 Å². The van der Waals surface area contributed by atoms with Crippen molar-refractivity contribution in [3.05, 3.63) is 44.6 Å². The summed E-state index contributed by atoms with van der Waals surface area (Å²) in [6.07, 6.45) is 0. The van der Waals surface area contributed by atoms with Crippen LogP contribution in [0, 0.1) is 0 Å². The Hall–Kier alpha value is -0.950. The van der Waals surface area contributed by atoms with E-state index in [2.05, 4.69) is 35.0 Å². The Morgan fingerprint density at radius 1 is 1.15 bits per heavy atom. The van der Waals surface area contributed by atoms with Crippen molar-refractivity contribution in [2.45, 2.75) is 6.54 Å². The summed E-state index contributed by atoms with van der Waals surface area (Å²) in [4.78, 5) is 4.35. The quantitative estimate of drug-likeness (QED) is 0.602. The highest BCUT2D eigenvalue weighted by Gasteiger charge is 2.18. The van der Waals surface area contributed by atoms with E-state index in [-0.39, 0.29) is 0 Å². The third-order valence-electron chi connectivity index (χ3n) is 2.66. The molecule has 0 aliphatic carbocycles. The van der Waals surface area contributed by atoms with Crippen LogP contribution in [0.2, 0.25) is 10.0 Å². The van der Waals surface area contributed by atoms with Crippen molar-refractivity contribution in [1.29, 1.82) is 0 Å². The largest absolute Gasteiger partial charge is 0.376 e. The monoisotopic (exact) mass is 388 g/mol. The molecule has 0 amide bonds. The molecule has 0 unspecified atom stereocenters. The second-order valence-electron chi connectivity index (χ2n) is 3.98. The molecular formula is C12H7BrCl2N4S. The molecule has 0 saturated carbocycles. The first-order chi connectivity index (χ1) is 9.65. The van der Waals surface area contributed by atoms with Gasteiger partial charge in [0, 0.05) is 0 Å². The fraction of sp³-hybridized carbons (Fsp3) is 0.0833. The highest BCUT2D eigenvalue weighted by atomic mass is 79.9. The van der Waals surface area contributed by atoms with E-state index in [0.29, 0.717) is 28.0 Å². The Balaban J connectivity index is 1.89. The maximum Gasteiger partial charge on any atom is 0.130 e. The SMILES string of the molecule is Clc1cc(Cl)c(NCc2cccc(Br)n2)c2c1N=S=N2. The lowest BCUT2D eigenvalue weighted by Crippen LogP contribution is -2.02. The van der Waals surface area contributed by atoms with Gasteiger partial charge in [-0.15, -0.1) is 0 Å². The van der Waals surface area contributed by atoms with E-state index in [4.69, 9.17) is 23.2 Å². The Labute approximate surface area is 137 Å². The lowest BCUT2D eigenvalue weighted by molar-refractivity contribution is 1.03. The first-order valence-corrected chi connectivity index (χ1v) is 7.88. The maximum atomic E-state index is 6.22. The van der Waals surface area contributed by atoms with E-state index in [0.717, 1.165) is 27.3 Å². The molecular weight excluding hydrogens is 383 g/mol. The molecule has 3 rings (SSSR count). The van der Waals surface area contributed by atoms with E-state index in [1.165, 1.54) is 0 Å². The lowest BCUT2D eigenvalue weighted by atomic mass is 10.2. The molecule has 0 radical (unpaired) electrons. The number of pyridine rings is 1. The third kappa shape index (κ3) is 2.74. The zero-order valence-electron chi connectivity index (χ0n) is 9.90. The van der Waals surface area contributed by atoms with Crippen molar-refractivity contribution in [2.75, 3.05) is 5.32 Å². The first-order valence-electron chi connectivity index (χ1n) is 5.60. The molecule has 0 fully saturated rings. The first kappa shape index (κ1) is 14.0. The van der Waals surface area contributed by atoms with Crippen LogP contribution >= 0.6 is 39.1 Å². The molecule has 0 saturated heterocycles. The molecule has 20 heavy (non-hydrogen) atoms. The Kier molecular flexibility index (Phi) is 4.07. The third-order valence-corrected chi connectivity index (χ3v) is 4.22. The van der Waals surface area contributed by atoms with Gasteiger partial charge in [-0.1, -0.05) is 29.3 Å². The van der Waals surface area contributed by atoms with Crippen LogP contribution in [0.4, 0.5) is 17.1 Å². The molecule has 1 aliphatic heterocycles. The number of benzene rings is 1. The van der Waals surface area contributed by atoms with Gasteiger partial charge in [0.1, 0.15) is 16.0 Å². The smallest absolute Gasteiger partial charge is 0.130 e. The van der Waals surface area contributed by atoms with Gasteiger partial charge in [-0.3, -0.25) is 0 Å². The van der Waals surface area contributed by atoms with Crippen LogP contribution in [0.15, 0.2) is 37.6 Å². The van der Waals surface area contributed by atoms with Gasteiger partial charge in [-0.2, -0.15) is 8.73 Å². The second-order valence-corrected chi connectivity index (χ2v) is 6.14. The Morgan fingerprint density at radius 2 is 1.95 bits per heavy atom. The molecule has 1 aromatic carbocycles. The molecule has 2 heterocycles. The topological polar surface area (TPSA) is 49.6 Å². The summed E-state index contributed by atoms with van der Waals surface area (Å²) in [5.74, 6) is 0. The zero-order chi connectivity index (χ0) is 14.1. The number of nitrogens with zero attached hydrogens (tertiary/aromatic N) is 3. The normalized spacial score (nSPS) is 12.2. The van der Waals surface area contributed by atoms with Crippen molar-refractivity contribution in [1.82, 2.24) is 4.98 Å². The van der Waals surface area contributed by atoms with Crippen LogP contribution in [0.5, 0.6) is 0 Å². The van der Waals surface area contributed by atoms with Gasteiger partial charge in [0.25, 0.3) is 0 Å². The fourth-order valence-corrected chi connectivity index (χ4v) is 3.33. The average Bonchev–Trinajstić information content (AvgIpc) is 2.88. The highest BCUT2D eigenvalue weighted by molar-refractivity contribution is 9.10. The number of rotatable bonds is 3. The number of hydrogen-bond acceptors (Lipinski definition) is 4. The minimum absolute atomic E-state index is 0.505. The van der Waals surface area contributed by atoms with E-state index in [1.54, 1.807) is 6.07 Å². The molecule has 0 bridgehead atoms. The molecule has 2 aromatic rings. The summed E-state index contributed by atoms with van der Waals surface area (Å²) >= 11 is 16.8. The van der Waals surface area contributed by atoms with E-state index in [1.807, 2.05) is 18.2 Å². The number of anilines is 1. The summed E-state index contributed by atoms with van der Waals surface area (Å²) in [5.41, 5.74) is 2.96. The number of aromatic nitrogens is 1. The molecule has 4 nitrogen and oxygen atoms in total.